The number of urea groups is 1. The monoisotopic (exact) mass is 626 g/mol. The molecule has 0 fully saturated rings. The van der Waals surface area contributed by atoms with E-state index in [1.165, 1.54) is 0 Å². The average molecular weight is 627 g/mol. The van der Waals surface area contributed by atoms with Crippen molar-refractivity contribution in [2.75, 3.05) is 13.1 Å². The van der Waals surface area contributed by atoms with Crippen LogP contribution in [0.15, 0.2) is 78.9 Å². The Morgan fingerprint density at radius 1 is 0.800 bits per heavy atom. The van der Waals surface area contributed by atoms with Crippen molar-refractivity contribution >= 4 is 29.8 Å². The number of hydrogen-bond acceptors (Lipinski definition) is 6. The topological polar surface area (TPSA) is 143 Å². The first kappa shape index (κ1) is 34.3. The van der Waals surface area contributed by atoms with Gasteiger partial charge in [-0.05, 0) is 35.6 Å². The largest absolute Gasteiger partial charge is 0.491 e. The zero-order valence-corrected chi connectivity index (χ0v) is 24.4. The van der Waals surface area contributed by atoms with Gasteiger partial charge in [0.25, 0.3) is 0 Å². The third kappa shape index (κ3) is 12.1. The lowest BCUT2D eigenvalue weighted by Crippen LogP contribution is -2.40. The number of alkyl halides is 3. The predicted octanol–water partition coefficient (Wildman–Crippen LogP) is 4.24. The quantitative estimate of drug-likeness (QED) is 0.127. The molecule has 0 aliphatic carbocycles. The summed E-state index contributed by atoms with van der Waals surface area (Å²) in [6.45, 7) is 2.01. The summed E-state index contributed by atoms with van der Waals surface area (Å²) in [4.78, 5) is 60.1. The molecule has 0 spiro atoms. The van der Waals surface area contributed by atoms with Crippen LogP contribution in [0.25, 0.3) is 11.1 Å². The molecule has 3 aromatic carbocycles. The normalized spacial score (nSPS) is 11.6. The van der Waals surface area contributed by atoms with Crippen molar-refractivity contribution in [2.24, 2.45) is 0 Å². The Morgan fingerprint density at radius 3 is 2.16 bits per heavy atom. The maximum absolute atomic E-state index is 12.6. The van der Waals surface area contributed by atoms with Gasteiger partial charge in [0.15, 0.2) is 0 Å². The molecule has 13 heteroatoms. The number of benzene rings is 3. The number of carbonyl (C=O) groups is 5. The summed E-state index contributed by atoms with van der Waals surface area (Å²) in [5.74, 6) is -5.37. The summed E-state index contributed by atoms with van der Waals surface area (Å²) in [6, 6.07) is 22.0. The van der Waals surface area contributed by atoms with Crippen LogP contribution in [0.1, 0.15) is 42.0 Å². The van der Waals surface area contributed by atoms with E-state index in [0.717, 1.165) is 22.3 Å². The van der Waals surface area contributed by atoms with Crippen molar-refractivity contribution in [1.29, 1.82) is 0 Å². The molecule has 0 aliphatic heterocycles. The van der Waals surface area contributed by atoms with Crippen LogP contribution in [0.2, 0.25) is 0 Å². The van der Waals surface area contributed by atoms with Crippen LogP contribution in [-0.2, 0) is 30.5 Å². The molecule has 238 valence electrons. The average Bonchev–Trinajstić information content (AvgIpc) is 3.01. The summed E-state index contributed by atoms with van der Waals surface area (Å²) in [7, 11) is 0. The van der Waals surface area contributed by atoms with Gasteiger partial charge in [-0.1, -0.05) is 84.4 Å². The second-order valence-electron chi connectivity index (χ2n) is 10.1. The molecule has 4 N–H and O–H groups in total. The van der Waals surface area contributed by atoms with Crippen molar-refractivity contribution in [3.63, 3.8) is 0 Å². The number of hydrogen-bond donors (Lipinski definition) is 4. The Bertz CT molecular complexity index is 1480. The van der Waals surface area contributed by atoms with Gasteiger partial charge in [-0.15, -0.1) is 0 Å². The number of carbonyl (C=O) groups excluding carboxylic acids is 5. The third-order valence-corrected chi connectivity index (χ3v) is 6.41. The second-order valence-corrected chi connectivity index (χ2v) is 10.1. The number of amides is 4. The molecular weight excluding hydrogens is 593 g/mol. The van der Waals surface area contributed by atoms with E-state index in [2.05, 4.69) is 26.0 Å². The van der Waals surface area contributed by atoms with E-state index in [1.54, 1.807) is 24.3 Å². The number of halogens is 3. The highest BCUT2D eigenvalue weighted by Gasteiger charge is 2.42. The standard InChI is InChI=1S/C32H33F3N4O6/c1-21-7-5-8-22(17-21)19-38-31(44)36-16-6-11-27(40)37-20-28(41)39-26(18-29(42)45-30(43)32(33,34)35)25-14-12-24(13-15-25)23-9-3-2-4-10-23/h2-5,7-10,12-15,17,26H,6,11,16,18-20H2,1H3,(H,37,40)(H,39,41)(H2,36,38,44). The number of esters is 2. The number of aryl methyl sites for hydroxylation is 1. The molecule has 1 atom stereocenters. The smallest absolute Gasteiger partial charge is 0.386 e. The van der Waals surface area contributed by atoms with Crippen molar-refractivity contribution in [3.05, 3.63) is 95.6 Å². The Labute approximate surface area is 257 Å². The Balaban J connectivity index is 1.48. The molecular formula is C32H33F3N4O6. The van der Waals surface area contributed by atoms with Gasteiger partial charge < -0.3 is 26.0 Å². The van der Waals surface area contributed by atoms with Crippen LogP contribution in [0, 0.1) is 6.92 Å². The van der Waals surface area contributed by atoms with E-state index < -0.39 is 55.0 Å². The Morgan fingerprint density at radius 2 is 1.49 bits per heavy atom. The summed E-state index contributed by atoms with van der Waals surface area (Å²) in [5.41, 5.74) is 4.08. The van der Waals surface area contributed by atoms with Gasteiger partial charge in [-0.3, -0.25) is 14.4 Å². The zero-order chi connectivity index (χ0) is 32.8. The minimum Gasteiger partial charge on any atom is -0.386 e. The molecule has 0 heterocycles. The van der Waals surface area contributed by atoms with Crippen LogP contribution in [0.5, 0.6) is 0 Å². The van der Waals surface area contributed by atoms with Crippen LogP contribution in [-0.4, -0.2) is 49.0 Å². The lowest BCUT2D eigenvalue weighted by atomic mass is 9.99. The lowest BCUT2D eigenvalue weighted by molar-refractivity contribution is -0.202. The molecule has 0 aliphatic rings. The number of ether oxygens (including phenoxy) is 1. The van der Waals surface area contributed by atoms with Gasteiger partial charge in [0.05, 0.1) is 19.0 Å². The molecule has 10 nitrogen and oxygen atoms in total. The molecule has 0 aromatic heterocycles. The van der Waals surface area contributed by atoms with Gasteiger partial charge in [-0.2, -0.15) is 13.2 Å². The highest BCUT2D eigenvalue weighted by Crippen LogP contribution is 2.24. The highest BCUT2D eigenvalue weighted by atomic mass is 19.4. The number of rotatable bonds is 13. The summed E-state index contributed by atoms with van der Waals surface area (Å²) >= 11 is 0. The fraction of sp³-hybridized carbons (Fsp3) is 0.281. The van der Waals surface area contributed by atoms with E-state index in [4.69, 9.17) is 0 Å². The van der Waals surface area contributed by atoms with Crippen LogP contribution < -0.4 is 21.3 Å². The SMILES string of the molecule is Cc1cccc(CNC(=O)NCCCC(=O)NCC(=O)NC(CC(=O)OC(=O)C(F)(F)F)c2ccc(-c3ccccc3)cc2)c1. The summed E-state index contributed by atoms with van der Waals surface area (Å²) < 4.78 is 41.6. The minimum atomic E-state index is -5.36. The Hall–Kier alpha value is -5.20. The van der Waals surface area contributed by atoms with Crippen molar-refractivity contribution in [1.82, 2.24) is 21.3 Å². The fourth-order valence-electron chi connectivity index (χ4n) is 4.19. The molecule has 3 aromatic rings. The molecule has 0 radical (unpaired) electrons. The molecule has 1 unspecified atom stereocenters. The highest BCUT2D eigenvalue weighted by molar-refractivity contribution is 5.89. The van der Waals surface area contributed by atoms with E-state index in [9.17, 15) is 37.1 Å². The first-order valence-electron chi connectivity index (χ1n) is 14.0. The molecule has 0 saturated heterocycles. The van der Waals surface area contributed by atoms with Crippen LogP contribution in [0.4, 0.5) is 18.0 Å². The van der Waals surface area contributed by atoms with E-state index in [0.29, 0.717) is 18.5 Å². The van der Waals surface area contributed by atoms with E-state index >= 15 is 0 Å². The molecule has 3 rings (SSSR count). The van der Waals surface area contributed by atoms with Gasteiger partial charge in [0, 0.05) is 19.5 Å². The lowest BCUT2D eigenvalue weighted by Gasteiger charge is -2.19. The Kier molecular flexibility index (Phi) is 12.6. The van der Waals surface area contributed by atoms with Crippen LogP contribution in [0.3, 0.4) is 0 Å². The molecule has 4 amide bonds. The van der Waals surface area contributed by atoms with Gasteiger partial charge >= 0.3 is 24.1 Å². The first-order chi connectivity index (χ1) is 21.4. The van der Waals surface area contributed by atoms with Crippen molar-refractivity contribution in [2.45, 2.75) is 44.9 Å². The molecule has 0 saturated carbocycles. The molecule has 45 heavy (non-hydrogen) atoms. The van der Waals surface area contributed by atoms with Crippen LogP contribution >= 0.6 is 0 Å². The van der Waals surface area contributed by atoms with Gasteiger partial charge in [0.2, 0.25) is 11.8 Å². The van der Waals surface area contributed by atoms with Gasteiger partial charge in [-0.25, -0.2) is 9.59 Å². The van der Waals surface area contributed by atoms with E-state index in [-0.39, 0.29) is 13.0 Å². The van der Waals surface area contributed by atoms with E-state index in [1.807, 2.05) is 61.5 Å². The zero-order valence-electron chi connectivity index (χ0n) is 24.4. The third-order valence-electron chi connectivity index (χ3n) is 6.41. The number of nitrogens with one attached hydrogen (secondary N) is 4. The fourth-order valence-corrected chi connectivity index (χ4v) is 4.19. The van der Waals surface area contributed by atoms with Crippen molar-refractivity contribution < 1.29 is 41.9 Å². The minimum absolute atomic E-state index is 0.00168. The first-order valence-corrected chi connectivity index (χ1v) is 14.0. The predicted molar refractivity (Wildman–Crippen MR) is 158 cm³/mol. The summed E-state index contributed by atoms with van der Waals surface area (Å²) in [5, 5.41) is 10.3. The maximum Gasteiger partial charge on any atom is 0.491 e. The van der Waals surface area contributed by atoms with Crippen molar-refractivity contribution in [3.8, 4) is 11.1 Å². The summed E-state index contributed by atoms with van der Waals surface area (Å²) in [6.07, 6.45) is -5.84. The maximum atomic E-state index is 12.6. The second kappa shape index (κ2) is 16.6. The molecule has 0 bridgehead atoms. The van der Waals surface area contributed by atoms with Gasteiger partial charge in [0.1, 0.15) is 0 Å².